The zero-order valence-electron chi connectivity index (χ0n) is 20.7. The van der Waals surface area contributed by atoms with Crippen LogP contribution in [0.1, 0.15) is 55.1 Å². The summed E-state index contributed by atoms with van der Waals surface area (Å²) in [7, 11) is 1.57. The molecule has 6 nitrogen and oxygen atoms in total. The van der Waals surface area contributed by atoms with Crippen LogP contribution in [0.5, 0.6) is 11.5 Å². The fourth-order valence-electron chi connectivity index (χ4n) is 3.50. The molecule has 0 aliphatic heterocycles. The van der Waals surface area contributed by atoms with Crippen LogP contribution in [0.2, 0.25) is 0 Å². The molecule has 0 radical (unpaired) electrons. The van der Waals surface area contributed by atoms with Gasteiger partial charge in [0.1, 0.15) is 10.6 Å². The minimum absolute atomic E-state index is 0.243. The van der Waals surface area contributed by atoms with Crippen LogP contribution in [0, 0.1) is 0 Å². The molecule has 0 aliphatic rings. The van der Waals surface area contributed by atoms with Gasteiger partial charge in [-0.1, -0.05) is 44.2 Å². The first kappa shape index (κ1) is 26.0. The van der Waals surface area contributed by atoms with E-state index in [9.17, 15) is 9.59 Å². The summed E-state index contributed by atoms with van der Waals surface area (Å²) in [5.41, 5.74) is 3.98. The van der Waals surface area contributed by atoms with Crippen molar-refractivity contribution in [3.63, 3.8) is 0 Å². The fourth-order valence-corrected chi connectivity index (χ4v) is 4.46. The van der Waals surface area contributed by atoms with Gasteiger partial charge in [0.05, 0.1) is 20.3 Å². The lowest BCUT2D eigenvalue weighted by molar-refractivity contribution is -0.111. The van der Waals surface area contributed by atoms with Gasteiger partial charge < -0.3 is 19.5 Å². The highest BCUT2D eigenvalue weighted by Gasteiger charge is 2.22. The van der Waals surface area contributed by atoms with Crippen molar-refractivity contribution in [1.82, 2.24) is 0 Å². The molecule has 0 saturated heterocycles. The monoisotopic (exact) mass is 493 g/mol. The molecular formula is C28H31NO5S. The molecule has 3 aromatic rings. The highest BCUT2D eigenvalue weighted by Crippen LogP contribution is 2.37. The molecule has 0 unspecified atom stereocenters. The summed E-state index contributed by atoms with van der Waals surface area (Å²) < 4.78 is 16.2. The number of hydrogen-bond donors (Lipinski definition) is 1. The summed E-state index contributed by atoms with van der Waals surface area (Å²) in [6.45, 7) is 8.70. The van der Waals surface area contributed by atoms with E-state index in [1.807, 2.05) is 30.5 Å². The molecule has 184 valence electrons. The van der Waals surface area contributed by atoms with Crippen LogP contribution in [0.25, 0.3) is 17.2 Å². The van der Waals surface area contributed by atoms with Gasteiger partial charge >= 0.3 is 5.97 Å². The van der Waals surface area contributed by atoms with Crippen LogP contribution in [0.15, 0.2) is 53.9 Å². The van der Waals surface area contributed by atoms with Crippen molar-refractivity contribution in [2.24, 2.45) is 0 Å². The zero-order valence-corrected chi connectivity index (χ0v) is 21.5. The summed E-state index contributed by atoms with van der Waals surface area (Å²) in [6, 6.07) is 13.5. The van der Waals surface area contributed by atoms with Crippen molar-refractivity contribution in [2.45, 2.75) is 33.6 Å². The van der Waals surface area contributed by atoms with Crippen LogP contribution in [0.4, 0.5) is 5.00 Å². The Morgan fingerprint density at radius 2 is 1.77 bits per heavy atom. The van der Waals surface area contributed by atoms with E-state index in [0.717, 1.165) is 16.7 Å². The van der Waals surface area contributed by atoms with Crippen LogP contribution in [-0.4, -0.2) is 32.2 Å². The lowest BCUT2D eigenvalue weighted by Crippen LogP contribution is -2.12. The predicted molar refractivity (Wildman–Crippen MR) is 142 cm³/mol. The van der Waals surface area contributed by atoms with E-state index in [2.05, 4.69) is 31.3 Å². The molecule has 0 atom stereocenters. The SMILES string of the molecule is CCOC(=O)c1c(-c2ccc(C(C)C)cc2)csc1NC(=O)/C=C/c1ccc(OCC)c(OC)c1. The summed E-state index contributed by atoms with van der Waals surface area (Å²) >= 11 is 1.30. The summed E-state index contributed by atoms with van der Waals surface area (Å²) in [5, 5.41) is 5.15. The average Bonchev–Trinajstić information content (AvgIpc) is 3.27. The highest BCUT2D eigenvalue weighted by atomic mass is 32.1. The lowest BCUT2D eigenvalue weighted by Gasteiger charge is -2.10. The number of carbonyl (C=O) groups is 2. The quantitative estimate of drug-likeness (QED) is 0.249. The van der Waals surface area contributed by atoms with Gasteiger partial charge in [-0.05, 0) is 54.7 Å². The van der Waals surface area contributed by atoms with Crippen LogP contribution < -0.4 is 14.8 Å². The third-order valence-corrected chi connectivity index (χ3v) is 6.21. The Balaban J connectivity index is 1.84. The Bertz CT molecular complexity index is 1190. The van der Waals surface area contributed by atoms with E-state index in [1.165, 1.54) is 23.0 Å². The lowest BCUT2D eigenvalue weighted by atomic mass is 9.98. The van der Waals surface area contributed by atoms with E-state index in [1.54, 1.807) is 32.2 Å². The van der Waals surface area contributed by atoms with Crippen molar-refractivity contribution in [3.8, 4) is 22.6 Å². The molecule has 0 saturated carbocycles. The zero-order chi connectivity index (χ0) is 25.4. The predicted octanol–water partition coefficient (Wildman–Crippen LogP) is 6.77. The van der Waals surface area contributed by atoms with Gasteiger partial charge in [0, 0.05) is 17.0 Å². The molecule has 1 aromatic heterocycles. The highest BCUT2D eigenvalue weighted by molar-refractivity contribution is 7.15. The summed E-state index contributed by atoms with van der Waals surface area (Å²) in [5.74, 6) is 0.820. The number of benzene rings is 2. The minimum Gasteiger partial charge on any atom is -0.493 e. The standard InChI is InChI=1S/C28H31NO5S/c1-6-33-23-14-8-19(16-24(23)32-5)9-15-25(30)29-27-26(28(31)34-7-2)22(17-35-27)21-12-10-20(11-13-21)18(3)4/h8-18H,6-7H2,1-5H3,(H,29,30)/b15-9+. The van der Waals surface area contributed by atoms with Crippen molar-refractivity contribution >= 4 is 34.3 Å². The molecule has 1 N–H and O–H groups in total. The molecule has 7 heteroatoms. The van der Waals surface area contributed by atoms with E-state index in [4.69, 9.17) is 14.2 Å². The third-order valence-electron chi connectivity index (χ3n) is 5.31. The largest absolute Gasteiger partial charge is 0.493 e. The molecular weight excluding hydrogens is 462 g/mol. The first-order valence-corrected chi connectivity index (χ1v) is 12.4. The third kappa shape index (κ3) is 6.51. The van der Waals surface area contributed by atoms with Crippen molar-refractivity contribution in [1.29, 1.82) is 0 Å². The van der Waals surface area contributed by atoms with Gasteiger partial charge in [-0.15, -0.1) is 11.3 Å². The second kappa shape index (κ2) is 12.2. The summed E-state index contributed by atoms with van der Waals surface area (Å²) in [4.78, 5) is 25.5. The number of carbonyl (C=O) groups excluding carboxylic acids is 2. The molecule has 0 bridgehead atoms. The van der Waals surface area contributed by atoms with E-state index in [0.29, 0.717) is 34.6 Å². The molecule has 0 aliphatic carbocycles. The van der Waals surface area contributed by atoms with E-state index in [-0.39, 0.29) is 12.5 Å². The van der Waals surface area contributed by atoms with Crippen molar-refractivity contribution in [2.75, 3.05) is 25.6 Å². The number of anilines is 1. The second-order valence-electron chi connectivity index (χ2n) is 8.02. The number of thiophene rings is 1. The summed E-state index contributed by atoms with van der Waals surface area (Å²) in [6.07, 6.45) is 3.09. The number of rotatable bonds is 10. The first-order chi connectivity index (χ1) is 16.9. The van der Waals surface area contributed by atoms with Gasteiger partial charge in [0.15, 0.2) is 11.5 Å². The number of amides is 1. The number of esters is 1. The number of hydrogen-bond acceptors (Lipinski definition) is 6. The van der Waals surface area contributed by atoms with E-state index < -0.39 is 5.97 Å². The van der Waals surface area contributed by atoms with Crippen LogP contribution in [-0.2, 0) is 9.53 Å². The Morgan fingerprint density at radius 1 is 1.03 bits per heavy atom. The molecule has 35 heavy (non-hydrogen) atoms. The number of ether oxygens (including phenoxy) is 3. The Labute approximate surface area is 210 Å². The molecule has 0 spiro atoms. The van der Waals surface area contributed by atoms with Gasteiger partial charge in [0.2, 0.25) is 5.91 Å². The molecule has 1 heterocycles. The van der Waals surface area contributed by atoms with Gasteiger partial charge in [-0.3, -0.25) is 4.79 Å². The van der Waals surface area contributed by atoms with Gasteiger partial charge in [0.25, 0.3) is 0 Å². The first-order valence-electron chi connectivity index (χ1n) is 11.6. The van der Waals surface area contributed by atoms with Crippen molar-refractivity contribution in [3.05, 3.63) is 70.6 Å². The normalized spacial score (nSPS) is 11.0. The number of methoxy groups -OCH3 is 1. The maximum Gasteiger partial charge on any atom is 0.341 e. The molecule has 1 amide bonds. The second-order valence-corrected chi connectivity index (χ2v) is 8.90. The Morgan fingerprint density at radius 3 is 2.40 bits per heavy atom. The molecule has 2 aromatic carbocycles. The van der Waals surface area contributed by atoms with E-state index >= 15 is 0 Å². The topological polar surface area (TPSA) is 73.9 Å². The van der Waals surface area contributed by atoms with Gasteiger partial charge in [-0.2, -0.15) is 0 Å². The number of nitrogens with one attached hydrogen (secondary N) is 1. The molecule has 0 fully saturated rings. The maximum atomic E-state index is 12.8. The van der Waals surface area contributed by atoms with Crippen LogP contribution in [0.3, 0.4) is 0 Å². The molecule has 3 rings (SSSR count). The van der Waals surface area contributed by atoms with Crippen molar-refractivity contribution < 1.29 is 23.8 Å². The fraction of sp³-hybridized carbons (Fsp3) is 0.286. The van der Waals surface area contributed by atoms with Gasteiger partial charge in [-0.25, -0.2) is 4.79 Å². The smallest absolute Gasteiger partial charge is 0.341 e. The Kier molecular flexibility index (Phi) is 9.09. The Hall–Kier alpha value is -3.58. The maximum absolute atomic E-state index is 12.8. The minimum atomic E-state index is -0.466. The average molecular weight is 494 g/mol. The van der Waals surface area contributed by atoms with Crippen LogP contribution >= 0.6 is 11.3 Å².